The molecule has 0 saturated carbocycles. The maximum atomic E-state index is 12.7. The Morgan fingerprint density at radius 2 is 2.00 bits per heavy atom. The van der Waals surface area contributed by atoms with Gasteiger partial charge >= 0.3 is 6.18 Å². The molecule has 124 valence electrons. The van der Waals surface area contributed by atoms with Crippen molar-refractivity contribution < 1.29 is 13.2 Å². The summed E-state index contributed by atoms with van der Waals surface area (Å²) < 4.78 is 38.9. The zero-order chi connectivity index (χ0) is 17.3. The summed E-state index contributed by atoms with van der Waals surface area (Å²) in [6.45, 7) is 1.18. The lowest BCUT2D eigenvalue weighted by atomic mass is 10.0. The van der Waals surface area contributed by atoms with Gasteiger partial charge in [-0.25, -0.2) is 9.67 Å². The molecule has 1 aliphatic heterocycles. The molecule has 0 aromatic carbocycles. The molecule has 1 saturated heterocycles. The molecule has 0 bridgehead atoms. The van der Waals surface area contributed by atoms with Crippen LogP contribution in [0.25, 0.3) is 0 Å². The molecule has 0 N–H and O–H groups in total. The molecule has 0 atom stereocenters. The molecule has 0 radical (unpaired) electrons. The summed E-state index contributed by atoms with van der Waals surface area (Å²) in [7, 11) is 0. The minimum absolute atomic E-state index is 0.00812. The minimum Gasteiger partial charge on any atom is -0.356 e. The fraction of sp³-hybridized carbons (Fsp3) is 0.333. The van der Waals surface area contributed by atoms with Crippen molar-refractivity contribution in [2.24, 2.45) is 5.92 Å². The normalized spacial score (nSPS) is 15.0. The maximum absolute atomic E-state index is 12.7. The first-order chi connectivity index (χ1) is 11.4. The average Bonchev–Trinajstić information content (AvgIpc) is 2.51. The van der Waals surface area contributed by atoms with Crippen LogP contribution in [0.3, 0.4) is 0 Å². The monoisotopic (exact) mass is 335 g/mol. The summed E-state index contributed by atoms with van der Waals surface area (Å²) in [5.74, 6) is 0.626. The van der Waals surface area contributed by atoms with Gasteiger partial charge in [-0.2, -0.15) is 23.5 Å². The molecule has 9 heteroatoms. The minimum atomic E-state index is -4.58. The average molecular weight is 335 g/mol. The third-order valence-electron chi connectivity index (χ3n) is 3.72. The number of nitriles is 1. The molecule has 2 aromatic rings. The number of hydrogen-bond donors (Lipinski definition) is 0. The first-order valence-electron chi connectivity index (χ1n) is 7.14. The van der Waals surface area contributed by atoms with E-state index in [0.717, 1.165) is 10.7 Å². The van der Waals surface area contributed by atoms with E-state index in [1.807, 2.05) is 11.0 Å². The first-order valence-corrected chi connectivity index (χ1v) is 7.14. The highest BCUT2D eigenvalue weighted by molar-refractivity contribution is 5.44. The van der Waals surface area contributed by atoms with Crippen molar-refractivity contribution in [2.45, 2.75) is 12.7 Å². The van der Waals surface area contributed by atoms with Gasteiger partial charge < -0.3 is 4.90 Å². The highest BCUT2D eigenvalue weighted by atomic mass is 19.4. The number of hydrogen-bond acceptors (Lipinski definition) is 5. The largest absolute Gasteiger partial charge is 0.435 e. The van der Waals surface area contributed by atoms with E-state index in [1.54, 1.807) is 18.2 Å². The Hall–Kier alpha value is -2.89. The van der Waals surface area contributed by atoms with Crippen LogP contribution < -0.4 is 10.5 Å². The second-order valence-electron chi connectivity index (χ2n) is 5.50. The van der Waals surface area contributed by atoms with Gasteiger partial charge in [0.25, 0.3) is 5.56 Å². The Morgan fingerprint density at radius 3 is 2.67 bits per heavy atom. The summed E-state index contributed by atoms with van der Waals surface area (Å²) in [5.41, 5.74) is -1.35. The van der Waals surface area contributed by atoms with Gasteiger partial charge in [0.1, 0.15) is 17.6 Å². The van der Waals surface area contributed by atoms with Crippen molar-refractivity contribution >= 4 is 5.82 Å². The van der Waals surface area contributed by atoms with Crippen LogP contribution in [-0.2, 0) is 12.7 Å². The molecule has 0 amide bonds. The molecule has 1 fully saturated rings. The number of anilines is 1. The van der Waals surface area contributed by atoms with E-state index in [2.05, 4.69) is 10.1 Å². The molecule has 3 rings (SSSR count). The van der Waals surface area contributed by atoms with Crippen molar-refractivity contribution in [1.29, 1.82) is 5.26 Å². The third-order valence-corrected chi connectivity index (χ3v) is 3.72. The Balaban J connectivity index is 1.67. The van der Waals surface area contributed by atoms with Gasteiger partial charge in [0, 0.05) is 25.1 Å². The highest BCUT2D eigenvalue weighted by Gasteiger charge is 2.34. The van der Waals surface area contributed by atoms with E-state index in [-0.39, 0.29) is 12.5 Å². The lowest BCUT2D eigenvalue weighted by Crippen LogP contribution is -2.50. The summed E-state index contributed by atoms with van der Waals surface area (Å²) >= 11 is 0. The van der Waals surface area contributed by atoms with Crippen LogP contribution in [0.1, 0.15) is 11.4 Å². The second-order valence-corrected chi connectivity index (χ2v) is 5.50. The SMILES string of the molecule is N#Cc1cccc(N2CC(Cn3nc(C(F)(F)F)ccc3=O)C2)n1. The topological polar surface area (TPSA) is 74.8 Å². The molecule has 6 nitrogen and oxygen atoms in total. The van der Waals surface area contributed by atoms with Crippen LogP contribution in [-0.4, -0.2) is 27.9 Å². The van der Waals surface area contributed by atoms with Gasteiger partial charge in [-0.05, 0) is 18.2 Å². The van der Waals surface area contributed by atoms with Gasteiger partial charge in [0.2, 0.25) is 0 Å². The highest BCUT2D eigenvalue weighted by Crippen LogP contribution is 2.27. The smallest absolute Gasteiger partial charge is 0.356 e. The van der Waals surface area contributed by atoms with Crippen LogP contribution in [0.2, 0.25) is 0 Å². The molecule has 1 aliphatic rings. The van der Waals surface area contributed by atoms with Crippen LogP contribution in [0.5, 0.6) is 0 Å². The number of rotatable bonds is 3. The number of halogens is 3. The van der Waals surface area contributed by atoms with Gasteiger partial charge in [0.15, 0.2) is 5.69 Å². The predicted molar refractivity (Wildman–Crippen MR) is 78.2 cm³/mol. The van der Waals surface area contributed by atoms with Crippen molar-refractivity contribution in [3.63, 3.8) is 0 Å². The van der Waals surface area contributed by atoms with E-state index in [1.165, 1.54) is 0 Å². The van der Waals surface area contributed by atoms with Crippen molar-refractivity contribution in [2.75, 3.05) is 18.0 Å². The summed E-state index contributed by atoms with van der Waals surface area (Å²) in [4.78, 5) is 17.7. The van der Waals surface area contributed by atoms with Gasteiger partial charge in [0.05, 0.1) is 6.54 Å². The zero-order valence-electron chi connectivity index (χ0n) is 12.4. The molecule has 2 aromatic heterocycles. The van der Waals surface area contributed by atoms with E-state index in [9.17, 15) is 18.0 Å². The van der Waals surface area contributed by atoms with Gasteiger partial charge in [-0.1, -0.05) is 6.07 Å². The lowest BCUT2D eigenvalue weighted by molar-refractivity contribution is -0.142. The second kappa shape index (κ2) is 5.96. The van der Waals surface area contributed by atoms with Gasteiger partial charge in [-0.3, -0.25) is 4.79 Å². The van der Waals surface area contributed by atoms with E-state index < -0.39 is 17.4 Å². The van der Waals surface area contributed by atoms with Gasteiger partial charge in [-0.15, -0.1) is 0 Å². The van der Waals surface area contributed by atoms with Crippen LogP contribution in [0, 0.1) is 17.2 Å². The molecular formula is C15H12F3N5O. The van der Waals surface area contributed by atoms with E-state index in [0.29, 0.717) is 30.7 Å². The summed E-state index contributed by atoms with van der Waals surface area (Å²) in [5, 5.41) is 12.2. The predicted octanol–water partition coefficient (Wildman–Crippen LogP) is 1.67. The Labute approximate surface area is 134 Å². The quantitative estimate of drug-likeness (QED) is 0.853. The molecule has 0 aliphatic carbocycles. The summed E-state index contributed by atoms with van der Waals surface area (Å²) in [6.07, 6.45) is -4.58. The maximum Gasteiger partial charge on any atom is 0.435 e. The van der Waals surface area contributed by atoms with E-state index >= 15 is 0 Å². The van der Waals surface area contributed by atoms with E-state index in [4.69, 9.17) is 5.26 Å². The van der Waals surface area contributed by atoms with Crippen LogP contribution in [0.15, 0.2) is 35.1 Å². The fourth-order valence-electron chi connectivity index (χ4n) is 2.51. The van der Waals surface area contributed by atoms with Crippen molar-refractivity contribution in [3.05, 3.63) is 52.1 Å². The van der Waals surface area contributed by atoms with Crippen LogP contribution >= 0.6 is 0 Å². The van der Waals surface area contributed by atoms with Crippen molar-refractivity contribution in [3.8, 4) is 6.07 Å². The number of alkyl halides is 3. The number of aromatic nitrogens is 3. The molecule has 0 spiro atoms. The number of pyridine rings is 1. The first kappa shape index (κ1) is 16.0. The Morgan fingerprint density at radius 1 is 1.25 bits per heavy atom. The Kier molecular flexibility index (Phi) is 3.97. The molecule has 0 unspecified atom stereocenters. The standard InChI is InChI=1S/C15H12F3N5O/c16-15(17,18)12-4-5-14(24)23(21-12)9-10-7-22(8-10)13-3-1-2-11(6-19)20-13/h1-5,10H,7-9H2. The zero-order valence-corrected chi connectivity index (χ0v) is 12.4. The Bertz CT molecular complexity index is 849. The molecular weight excluding hydrogens is 323 g/mol. The molecule has 24 heavy (non-hydrogen) atoms. The van der Waals surface area contributed by atoms with Crippen LogP contribution in [0.4, 0.5) is 19.0 Å². The number of nitrogens with zero attached hydrogens (tertiary/aromatic N) is 5. The molecule has 3 heterocycles. The van der Waals surface area contributed by atoms with Crippen molar-refractivity contribution in [1.82, 2.24) is 14.8 Å². The summed E-state index contributed by atoms with van der Waals surface area (Å²) in [6, 6.07) is 8.57. The third kappa shape index (κ3) is 3.22. The fourth-order valence-corrected chi connectivity index (χ4v) is 2.51. The lowest BCUT2D eigenvalue weighted by Gasteiger charge is -2.40.